The summed E-state index contributed by atoms with van der Waals surface area (Å²) in [5.74, 6) is -42.6. The van der Waals surface area contributed by atoms with Crippen molar-refractivity contribution in [3.63, 3.8) is 0 Å². The van der Waals surface area contributed by atoms with Crippen molar-refractivity contribution in [2.45, 2.75) is 35.3 Å². The number of amides is 1. The van der Waals surface area contributed by atoms with E-state index in [0.29, 0.717) is 5.32 Å². The van der Waals surface area contributed by atoms with E-state index in [1.165, 1.54) is 0 Å². The second kappa shape index (κ2) is 6.13. The molecule has 0 heterocycles. The maximum absolute atomic E-state index is 14.5. The Hall–Kier alpha value is -2.75. The summed E-state index contributed by atoms with van der Waals surface area (Å²) in [4.78, 5) is 20.7. The normalized spacial score (nSPS) is 24.7. The topological polar surface area (TPSA) is 72.2 Å². The number of nitrogens with zero attached hydrogens (tertiary/aromatic N) is 1. The molecular weight excluding hydrogens is 460 g/mol. The number of alkyl halides is 11. The van der Waals surface area contributed by atoms with E-state index >= 15 is 0 Å². The number of halogens is 12. The number of rotatable bonds is 3. The number of hydrogen-bond donors (Lipinski definition) is 1. The van der Waals surface area contributed by atoms with E-state index in [4.69, 9.17) is 0 Å². The van der Waals surface area contributed by atoms with E-state index in [1.807, 2.05) is 0 Å². The first kappa shape index (κ1) is 23.5. The second-order valence-corrected chi connectivity index (χ2v) is 5.91. The molecule has 5 nitrogen and oxygen atoms in total. The molecule has 30 heavy (non-hydrogen) atoms. The Kier molecular flexibility index (Phi) is 4.81. The second-order valence-electron chi connectivity index (χ2n) is 5.91. The van der Waals surface area contributed by atoms with E-state index < -0.39 is 63.3 Å². The van der Waals surface area contributed by atoms with Gasteiger partial charge >= 0.3 is 41.0 Å². The van der Waals surface area contributed by atoms with E-state index in [1.54, 1.807) is 0 Å². The fourth-order valence-corrected chi connectivity index (χ4v) is 2.45. The summed E-state index contributed by atoms with van der Waals surface area (Å²) in [5.41, 5.74) is -9.90. The van der Waals surface area contributed by atoms with Crippen LogP contribution in [0.4, 0.5) is 64.1 Å². The van der Waals surface area contributed by atoms with E-state index in [-0.39, 0.29) is 18.2 Å². The Morgan fingerprint density at radius 1 is 0.800 bits per heavy atom. The lowest BCUT2D eigenvalue weighted by Crippen LogP contribution is -2.86. The summed E-state index contributed by atoms with van der Waals surface area (Å²) in [6, 6.07) is 0.196. The molecule has 1 aromatic carbocycles. The van der Waals surface area contributed by atoms with Crippen LogP contribution < -0.4 is 5.32 Å². The minimum Gasteiger partial charge on any atom is -0.323 e. The molecule has 0 atom stereocenters. The van der Waals surface area contributed by atoms with Crippen LogP contribution in [0.25, 0.3) is 0 Å². The van der Waals surface area contributed by atoms with Gasteiger partial charge in [-0.05, 0) is 12.1 Å². The summed E-state index contributed by atoms with van der Waals surface area (Å²) in [5, 5.41) is 11.2. The Bertz CT molecular complexity index is 887. The maximum atomic E-state index is 14.5. The lowest BCUT2D eigenvalue weighted by atomic mass is 9.71. The quantitative estimate of drug-likeness (QED) is 0.405. The molecule has 0 unspecified atom stereocenters. The van der Waals surface area contributed by atoms with Crippen molar-refractivity contribution in [1.82, 2.24) is 0 Å². The number of hydrogen-bond acceptors (Lipinski definition) is 3. The van der Waals surface area contributed by atoms with Crippen LogP contribution in [0.2, 0.25) is 0 Å². The molecule has 1 aromatic rings. The van der Waals surface area contributed by atoms with Gasteiger partial charge in [0.2, 0.25) is 5.82 Å². The fraction of sp³-hybridized carbons (Fsp3) is 0.462. The minimum absolute atomic E-state index is 0.0966. The van der Waals surface area contributed by atoms with Crippen LogP contribution in [-0.2, 0) is 4.79 Å². The van der Waals surface area contributed by atoms with E-state index in [9.17, 15) is 67.6 Å². The minimum atomic E-state index is -7.50. The summed E-state index contributed by atoms with van der Waals surface area (Å²) in [6.07, 6.45) is 0. The van der Waals surface area contributed by atoms with E-state index in [0.717, 1.165) is 0 Å². The number of nitro benzene ring substituents is 1. The molecule has 1 amide bonds. The molecule has 1 aliphatic carbocycles. The first-order valence-corrected chi connectivity index (χ1v) is 7.05. The SMILES string of the molecule is O=C(Nc1ccc(F)c([N+](=O)[O-])c1)C1(F)C(F)(F)C(F)(F)C(F)(F)C(F)(F)C1(F)F. The molecule has 17 heteroatoms. The highest BCUT2D eigenvalue weighted by Crippen LogP contribution is 2.69. The van der Waals surface area contributed by atoms with Crippen molar-refractivity contribution in [1.29, 1.82) is 0 Å². The monoisotopic (exact) mass is 464 g/mol. The number of benzene rings is 1. The average Bonchev–Trinajstić information content (AvgIpc) is 2.60. The van der Waals surface area contributed by atoms with Gasteiger partial charge in [-0.3, -0.25) is 14.9 Å². The van der Waals surface area contributed by atoms with Crippen molar-refractivity contribution in [3.8, 4) is 0 Å². The van der Waals surface area contributed by atoms with Gasteiger partial charge in [-0.15, -0.1) is 0 Å². The smallest absolute Gasteiger partial charge is 0.323 e. The molecule has 1 N–H and O–H groups in total. The fourth-order valence-electron chi connectivity index (χ4n) is 2.45. The number of nitro groups is 1. The molecule has 0 aliphatic heterocycles. The molecule has 0 spiro atoms. The zero-order valence-electron chi connectivity index (χ0n) is 13.4. The lowest BCUT2D eigenvalue weighted by Gasteiger charge is -2.51. The van der Waals surface area contributed by atoms with Gasteiger partial charge in [-0.25, -0.2) is 4.39 Å². The first-order chi connectivity index (χ1) is 13.2. The average molecular weight is 464 g/mol. The largest absolute Gasteiger partial charge is 0.384 e. The van der Waals surface area contributed by atoms with Gasteiger partial charge in [0.1, 0.15) is 0 Å². The Balaban J connectivity index is 2.67. The predicted octanol–water partition coefficient (Wildman–Crippen LogP) is 4.57. The highest BCUT2D eigenvalue weighted by atomic mass is 19.4. The molecule has 0 bridgehead atoms. The molecule has 2 rings (SSSR count). The lowest BCUT2D eigenvalue weighted by molar-refractivity contribution is -0.475. The summed E-state index contributed by atoms with van der Waals surface area (Å²) >= 11 is 0. The van der Waals surface area contributed by atoms with Gasteiger partial charge in [0.25, 0.3) is 5.91 Å². The summed E-state index contributed by atoms with van der Waals surface area (Å²) in [6.45, 7) is 0. The molecule has 1 aliphatic rings. The van der Waals surface area contributed by atoms with Gasteiger partial charge < -0.3 is 5.32 Å². The van der Waals surface area contributed by atoms with Crippen LogP contribution in [0.15, 0.2) is 18.2 Å². The zero-order valence-corrected chi connectivity index (χ0v) is 13.4. The molecular formula is C13H4F12N2O3. The maximum Gasteiger partial charge on any atom is 0.384 e. The van der Waals surface area contributed by atoms with Crippen LogP contribution in [0.3, 0.4) is 0 Å². The van der Waals surface area contributed by atoms with Gasteiger partial charge in [0.15, 0.2) is 0 Å². The van der Waals surface area contributed by atoms with Crippen molar-refractivity contribution < 1.29 is 62.4 Å². The standard InChI is InChI=1S/C13H4F12N2O3/c14-5-2-1-4(3-6(5)27(29)30)26-7(28)8(15)9(16,17)11(20,21)13(24,25)12(22,23)10(8,18)19/h1-3H,(H,26,28). The molecule has 0 saturated heterocycles. The summed E-state index contributed by atoms with van der Waals surface area (Å²) < 4.78 is 162. The molecule has 1 fully saturated rings. The van der Waals surface area contributed by atoms with Crippen molar-refractivity contribution in [2.75, 3.05) is 5.32 Å². The van der Waals surface area contributed by atoms with Crippen molar-refractivity contribution >= 4 is 17.3 Å². The van der Waals surface area contributed by atoms with Gasteiger partial charge in [-0.1, -0.05) is 0 Å². The van der Waals surface area contributed by atoms with Crippen LogP contribution >= 0.6 is 0 Å². The Labute approximate surface area is 155 Å². The molecule has 0 aromatic heterocycles. The molecule has 0 radical (unpaired) electrons. The van der Waals surface area contributed by atoms with Crippen LogP contribution in [-0.4, -0.2) is 46.1 Å². The third kappa shape index (κ3) is 2.43. The van der Waals surface area contributed by atoms with Crippen molar-refractivity contribution in [3.05, 3.63) is 34.1 Å². The predicted molar refractivity (Wildman–Crippen MR) is 70.3 cm³/mol. The highest BCUT2D eigenvalue weighted by molar-refractivity contribution is 6.00. The van der Waals surface area contributed by atoms with Gasteiger partial charge in [0, 0.05) is 11.8 Å². The number of anilines is 1. The zero-order chi connectivity index (χ0) is 23.7. The highest BCUT2D eigenvalue weighted by Gasteiger charge is 3.02. The van der Waals surface area contributed by atoms with Crippen LogP contribution in [0.5, 0.6) is 0 Å². The third-order valence-electron chi connectivity index (χ3n) is 4.16. The van der Waals surface area contributed by atoms with E-state index in [2.05, 4.69) is 0 Å². The summed E-state index contributed by atoms with van der Waals surface area (Å²) in [7, 11) is 0. The van der Waals surface area contributed by atoms with Gasteiger partial charge in [0.05, 0.1) is 4.92 Å². The van der Waals surface area contributed by atoms with Gasteiger partial charge in [-0.2, -0.15) is 48.3 Å². The first-order valence-electron chi connectivity index (χ1n) is 7.05. The van der Waals surface area contributed by atoms with Crippen LogP contribution in [0, 0.1) is 15.9 Å². The molecule has 1 saturated carbocycles. The number of carbonyl (C=O) groups excluding carboxylic acids is 1. The number of nitrogens with one attached hydrogen (secondary N) is 1. The van der Waals surface area contributed by atoms with Crippen LogP contribution in [0.1, 0.15) is 0 Å². The number of carbonyl (C=O) groups is 1. The third-order valence-corrected chi connectivity index (χ3v) is 4.16. The Morgan fingerprint density at radius 3 is 1.60 bits per heavy atom. The van der Waals surface area contributed by atoms with Crippen molar-refractivity contribution in [2.24, 2.45) is 0 Å². The molecule has 168 valence electrons. The Morgan fingerprint density at radius 2 is 1.20 bits per heavy atom.